The first kappa shape index (κ1) is 14.4. The molecule has 1 aliphatic heterocycles. The van der Waals surface area contributed by atoms with Crippen molar-refractivity contribution in [1.29, 1.82) is 0 Å². The van der Waals surface area contributed by atoms with Crippen LogP contribution < -0.4 is 5.32 Å². The van der Waals surface area contributed by atoms with E-state index in [1.165, 1.54) is 6.07 Å². The molecule has 6 heteroatoms. The van der Waals surface area contributed by atoms with Gasteiger partial charge in [-0.05, 0) is 33.1 Å². The maximum absolute atomic E-state index is 13.7. The molecule has 3 rings (SSSR count). The summed E-state index contributed by atoms with van der Waals surface area (Å²) in [4.78, 5) is 11.9. The highest BCUT2D eigenvalue weighted by Crippen LogP contribution is 2.45. The minimum atomic E-state index is -1.32. The van der Waals surface area contributed by atoms with E-state index in [4.69, 9.17) is 11.6 Å². The first-order valence-electron chi connectivity index (χ1n) is 6.19. The predicted molar refractivity (Wildman–Crippen MR) is 82.2 cm³/mol. The van der Waals surface area contributed by atoms with Crippen molar-refractivity contribution in [3.63, 3.8) is 0 Å². The molecule has 0 spiro atoms. The van der Waals surface area contributed by atoms with Gasteiger partial charge < -0.3 is 10.4 Å². The van der Waals surface area contributed by atoms with Gasteiger partial charge in [-0.15, -0.1) is 0 Å². The summed E-state index contributed by atoms with van der Waals surface area (Å²) in [6, 6.07) is 10.1. The lowest BCUT2D eigenvalue weighted by molar-refractivity contribution is -0.142. The molecular weight excluding hydrogens is 361 g/mol. The number of carboxylic acids is 1. The van der Waals surface area contributed by atoms with E-state index in [0.717, 1.165) is 0 Å². The summed E-state index contributed by atoms with van der Waals surface area (Å²) >= 11 is 9.13. The summed E-state index contributed by atoms with van der Waals surface area (Å²) in [7, 11) is 0. The number of nitrogens with one attached hydrogen (secondary N) is 1. The van der Waals surface area contributed by atoms with Gasteiger partial charge in [0.15, 0.2) is 5.54 Å². The van der Waals surface area contributed by atoms with Crippen LogP contribution in [0, 0.1) is 5.82 Å². The molecule has 2 N–H and O–H groups in total. The quantitative estimate of drug-likeness (QED) is 0.779. The summed E-state index contributed by atoms with van der Waals surface area (Å²) in [6.07, 6.45) is 0.183. The Labute approximate surface area is 133 Å². The van der Waals surface area contributed by atoms with Crippen molar-refractivity contribution in [3.8, 4) is 0 Å². The van der Waals surface area contributed by atoms with Crippen molar-refractivity contribution in [2.75, 3.05) is 5.32 Å². The molecule has 1 atom stereocenters. The van der Waals surface area contributed by atoms with Gasteiger partial charge in [-0.25, -0.2) is 9.18 Å². The highest BCUT2D eigenvalue weighted by molar-refractivity contribution is 9.10. The van der Waals surface area contributed by atoms with Crippen LogP contribution in [0.15, 0.2) is 40.9 Å². The Morgan fingerprint density at radius 1 is 1.38 bits per heavy atom. The van der Waals surface area contributed by atoms with E-state index in [-0.39, 0.29) is 11.4 Å². The van der Waals surface area contributed by atoms with Crippen molar-refractivity contribution in [2.24, 2.45) is 0 Å². The van der Waals surface area contributed by atoms with Gasteiger partial charge in [0, 0.05) is 16.6 Å². The second-order valence-electron chi connectivity index (χ2n) is 4.89. The number of benzene rings is 2. The summed E-state index contributed by atoms with van der Waals surface area (Å²) in [5.74, 6) is -1.61. The Hall–Kier alpha value is -1.59. The highest BCUT2D eigenvalue weighted by Gasteiger charge is 2.46. The topological polar surface area (TPSA) is 49.3 Å². The van der Waals surface area contributed by atoms with Crippen molar-refractivity contribution >= 4 is 39.2 Å². The zero-order chi connectivity index (χ0) is 15.2. The van der Waals surface area contributed by atoms with E-state index >= 15 is 0 Å². The molecule has 0 fully saturated rings. The van der Waals surface area contributed by atoms with Crippen LogP contribution in [0.1, 0.15) is 11.1 Å². The molecule has 0 aromatic heterocycles. The predicted octanol–water partition coefficient (Wildman–Crippen LogP) is 4.19. The molecule has 2 aromatic carbocycles. The van der Waals surface area contributed by atoms with Crippen LogP contribution >= 0.6 is 27.5 Å². The fourth-order valence-corrected chi connectivity index (χ4v) is 3.32. The minimum absolute atomic E-state index is 0.0372. The SMILES string of the molecule is O=C(O)C1(c2ccccc2)Cc2c(cc(F)c(Cl)c2Br)N1. The van der Waals surface area contributed by atoms with Crippen molar-refractivity contribution in [2.45, 2.75) is 12.0 Å². The second-order valence-corrected chi connectivity index (χ2v) is 6.06. The first-order chi connectivity index (χ1) is 9.95. The Kier molecular flexibility index (Phi) is 3.42. The van der Waals surface area contributed by atoms with Crippen LogP contribution in [0.2, 0.25) is 5.02 Å². The monoisotopic (exact) mass is 369 g/mol. The molecule has 0 saturated carbocycles. The Bertz CT molecular complexity index is 738. The lowest BCUT2D eigenvalue weighted by Gasteiger charge is -2.25. The standard InChI is InChI=1S/C15H10BrClFNO2/c16-12-9-7-15(14(20)21,8-4-2-1-3-5-8)19-11(9)6-10(18)13(12)17/h1-6,19H,7H2,(H,20,21). The van der Waals surface area contributed by atoms with E-state index in [0.29, 0.717) is 21.3 Å². The van der Waals surface area contributed by atoms with Gasteiger partial charge in [-0.3, -0.25) is 0 Å². The van der Waals surface area contributed by atoms with E-state index in [1.807, 2.05) is 6.07 Å². The molecule has 2 aromatic rings. The zero-order valence-electron chi connectivity index (χ0n) is 10.7. The molecule has 21 heavy (non-hydrogen) atoms. The Morgan fingerprint density at radius 3 is 2.67 bits per heavy atom. The van der Waals surface area contributed by atoms with Crippen LogP contribution in [0.25, 0.3) is 0 Å². The Morgan fingerprint density at radius 2 is 2.05 bits per heavy atom. The first-order valence-corrected chi connectivity index (χ1v) is 7.36. The van der Waals surface area contributed by atoms with E-state index < -0.39 is 17.3 Å². The number of halogens is 3. The number of carboxylic acid groups (broad SMARTS) is 1. The number of aliphatic carboxylic acids is 1. The van der Waals surface area contributed by atoms with Gasteiger partial charge >= 0.3 is 5.97 Å². The molecule has 3 nitrogen and oxygen atoms in total. The normalized spacial score (nSPS) is 20.0. The van der Waals surface area contributed by atoms with Crippen LogP contribution in [-0.2, 0) is 16.8 Å². The average Bonchev–Trinajstić information content (AvgIpc) is 2.87. The van der Waals surface area contributed by atoms with Gasteiger partial charge in [0.05, 0.1) is 5.02 Å². The van der Waals surface area contributed by atoms with Gasteiger partial charge in [0.1, 0.15) is 5.82 Å². The van der Waals surface area contributed by atoms with Gasteiger partial charge in [0.25, 0.3) is 0 Å². The molecule has 0 amide bonds. The number of hydrogen-bond acceptors (Lipinski definition) is 2. The number of anilines is 1. The van der Waals surface area contributed by atoms with E-state index in [1.54, 1.807) is 24.3 Å². The smallest absolute Gasteiger partial charge is 0.334 e. The summed E-state index contributed by atoms with van der Waals surface area (Å²) in [5, 5.41) is 12.6. The molecule has 1 aliphatic rings. The average molecular weight is 371 g/mol. The fraction of sp³-hybridized carbons (Fsp3) is 0.133. The molecule has 0 radical (unpaired) electrons. The number of rotatable bonds is 2. The van der Waals surface area contributed by atoms with Crippen LogP contribution in [0.3, 0.4) is 0 Å². The number of carbonyl (C=O) groups is 1. The molecule has 0 bridgehead atoms. The van der Waals surface area contributed by atoms with E-state index in [9.17, 15) is 14.3 Å². The van der Waals surface area contributed by atoms with Crippen LogP contribution in [-0.4, -0.2) is 11.1 Å². The van der Waals surface area contributed by atoms with Crippen LogP contribution in [0.4, 0.5) is 10.1 Å². The zero-order valence-corrected chi connectivity index (χ0v) is 13.0. The number of fused-ring (bicyclic) bond motifs is 1. The summed E-state index contributed by atoms with van der Waals surface area (Å²) < 4.78 is 14.1. The third kappa shape index (κ3) is 2.12. The molecule has 0 saturated heterocycles. The molecule has 1 unspecified atom stereocenters. The third-order valence-corrected chi connectivity index (χ3v) is 5.16. The third-order valence-electron chi connectivity index (χ3n) is 3.69. The van der Waals surface area contributed by atoms with Crippen molar-refractivity contribution in [1.82, 2.24) is 0 Å². The van der Waals surface area contributed by atoms with Gasteiger partial charge in [-0.2, -0.15) is 0 Å². The van der Waals surface area contributed by atoms with E-state index in [2.05, 4.69) is 21.2 Å². The lowest BCUT2D eigenvalue weighted by atomic mass is 9.87. The van der Waals surface area contributed by atoms with Crippen LogP contribution in [0.5, 0.6) is 0 Å². The summed E-state index contributed by atoms with van der Waals surface area (Å²) in [6.45, 7) is 0. The molecule has 1 heterocycles. The van der Waals surface area contributed by atoms with Gasteiger partial charge in [0.2, 0.25) is 0 Å². The van der Waals surface area contributed by atoms with Gasteiger partial charge in [-0.1, -0.05) is 41.9 Å². The molecular formula is C15H10BrClFNO2. The summed E-state index contributed by atoms with van der Waals surface area (Å²) in [5.41, 5.74) is 0.392. The second kappa shape index (κ2) is 5.00. The Balaban J connectivity index is 2.17. The number of hydrogen-bond donors (Lipinski definition) is 2. The maximum atomic E-state index is 13.7. The maximum Gasteiger partial charge on any atom is 0.334 e. The van der Waals surface area contributed by atoms with Crippen molar-refractivity contribution in [3.05, 3.63) is 62.8 Å². The fourth-order valence-electron chi connectivity index (χ4n) is 2.61. The van der Waals surface area contributed by atoms with Crippen molar-refractivity contribution < 1.29 is 14.3 Å². The molecule has 108 valence electrons. The highest BCUT2D eigenvalue weighted by atomic mass is 79.9. The largest absolute Gasteiger partial charge is 0.479 e. The minimum Gasteiger partial charge on any atom is -0.479 e. The lowest BCUT2D eigenvalue weighted by Crippen LogP contribution is -2.41. The molecule has 0 aliphatic carbocycles.